The van der Waals surface area contributed by atoms with Crippen molar-refractivity contribution in [1.29, 1.82) is 0 Å². The molecule has 5 rings (SSSR count). The van der Waals surface area contributed by atoms with Gasteiger partial charge < -0.3 is 10.2 Å². The van der Waals surface area contributed by atoms with Gasteiger partial charge in [0, 0.05) is 35.9 Å². The number of piperidine rings is 1. The summed E-state index contributed by atoms with van der Waals surface area (Å²) >= 11 is 0. The molecule has 0 amide bonds. The van der Waals surface area contributed by atoms with E-state index in [0.717, 1.165) is 43.4 Å². The Labute approximate surface area is 193 Å². The van der Waals surface area contributed by atoms with Crippen molar-refractivity contribution in [1.82, 2.24) is 19.9 Å². The number of hydrogen-bond acceptors (Lipinski definition) is 5. The van der Waals surface area contributed by atoms with Crippen molar-refractivity contribution in [2.75, 3.05) is 18.0 Å². The highest BCUT2D eigenvalue weighted by Crippen LogP contribution is 2.29. The third-order valence-corrected chi connectivity index (χ3v) is 6.38. The first-order valence-corrected chi connectivity index (χ1v) is 11.7. The van der Waals surface area contributed by atoms with Gasteiger partial charge in [0.05, 0.1) is 0 Å². The maximum atomic E-state index is 12.8. The zero-order valence-corrected chi connectivity index (χ0v) is 18.9. The van der Waals surface area contributed by atoms with Crippen LogP contribution in [-0.4, -0.2) is 33.7 Å². The van der Waals surface area contributed by atoms with Crippen LogP contribution < -0.4 is 15.8 Å². The third-order valence-electron chi connectivity index (χ3n) is 6.38. The number of anilines is 2. The molecule has 0 radical (unpaired) electrons. The average molecular weight is 440 g/mol. The van der Waals surface area contributed by atoms with E-state index >= 15 is 0 Å². The van der Waals surface area contributed by atoms with Crippen LogP contribution in [0.4, 0.5) is 11.6 Å². The Morgan fingerprint density at radius 3 is 2.52 bits per heavy atom. The number of aromatic nitrogens is 3. The smallest absolute Gasteiger partial charge is 0.252 e. The Morgan fingerprint density at radius 2 is 1.76 bits per heavy atom. The molecule has 168 valence electrons. The molecule has 0 aliphatic carbocycles. The summed E-state index contributed by atoms with van der Waals surface area (Å²) in [6, 6.07) is 22.5. The fourth-order valence-electron chi connectivity index (χ4n) is 4.53. The molecule has 3 heterocycles. The molecule has 1 aliphatic rings. The van der Waals surface area contributed by atoms with Gasteiger partial charge in [-0.15, -0.1) is 0 Å². The molecule has 0 atom stereocenters. The second-order valence-corrected chi connectivity index (χ2v) is 8.69. The third kappa shape index (κ3) is 4.66. The van der Waals surface area contributed by atoms with Crippen molar-refractivity contribution in [3.63, 3.8) is 0 Å². The molecule has 33 heavy (non-hydrogen) atoms. The van der Waals surface area contributed by atoms with Crippen LogP contribution in [0, 0.1) is 6.92 Å². The van der Waals surface area contributed by atoms with Crippen LogP contribution in [0.25, 0.3) is 11.0 Å². The molecule has 1 N–H and O–H groups in total. The average Bonchev–Trinajstić information content (AvgIpc) is 2.86. The summed E-state index contributed by atoms with van der Waals surface area (Å²) < 4.78 is 1.78. The van der Waals surface area contributed by atoms with E-state index in [1.165, 1.54) is 11.1 Å². The zero-order valence-electron chi connectivity index (χ0n) is 18.9. The van der Waals surface area contributed by atoms with Gasteiger partial charge in [0.1, 0.15) is 5.65 Å². The standard InChI is InChI=1S/C27H29N5O/c1-20-7-9-21(10-8-20)15-18-31-25(33)12-11-22-19-29-27(30-26(22)31)32(23-5-3-2-4-6-23)24-13-16-28-17-14-24/h2-12,19,24,28H,13-18H2,1H3. The van der Waals surface area contributed by atoms with Crippen LogP contribution in [0.2, 0.25) is 0 Å². The van der Waals surface area contributed by atoms with Crippen LogP contribution >= 0.6 is 0 Å². The van der Waals surface area contributed by atoms with Gasteiger partial charge in [-0.25, -0.2) is 4.98 Å². The Balaban J connectivity index is 1.54. The number of nitrogens with zero attached hydrogens (tertiary/aromatic N) is 4. The predicted octanol–water partition coefficient (Wildman–Crippen LogP) is 4.23. The maximum absolute atomic E-state index is 12.8. The largest absolute Gasteiger partial charge is 0.317 e. The first-order chi connectivity index (χ1) is 16.2. The molecule has 2 aromatic heterocycles. The molecule has 1 saturated heterocycles. The molecule has 6 nitrogen and oxygen atoms in total. The minimum absolute atomic E-state index is 0.0348. The lowest BCUT2D eigenvalue weighted by molar-refractivity contribution is 0.449. The fourth-order valence-corrected chi connectivity index (χ4v) is 4.53. The number of para-hydroxylation sites is 1. The molecule has 0 bridgehead atoms. The number of benzene rings is 2. The normalized spacial score (nSPS) is 14.5. The van der Waals surface area contributed by atoms with Crippen molar-refractivity contribution in [3.05, 3.63) is 94.4 Å². The SMILES string of the molecule is Cc1ccc(CCn2c(=O)ccc3cnc(N(c4ccccc4)C4CCNCC4)nc32)cc1. The Morgan fingerprint density at radius 1 is 1.00 bits per heavy atom. The van der Waals surface area contributed by atoms with Gasteiger partial charge in [-0.05, 0) is 63.0 Å². The number of aryl methyl sites for hydroxylation is 3. The van der Waals surface area contributed by atoms with Gasteiger partial charge in [-0.1, -0.05) is 48.0 Å². The van der Waals surface area contributed by atoms with E-state index in [-0.39, 0.29) is 5.56 Å². The quantitative estimate of drug-likeness (QED) is 0.487. The zero-order chi connectivity index (χ0) is 22.6. The molecule has 2 aromatic carbocycles. The maximum Gasteiger partial charge on any atom is 0.252 e. The van der Waals surface area contributed by atoms with Gasteiger partial charge in [0.25, 0.3) is 5.56 Å². The lowest BCUT2D eigenvalue weighted by Gasteiger charge is -2.34. The molecular weight excluding hydrogens is 410 g/mol. The minimum Gasteiger partial charge on any atom is -0.317 e. The number of rotatable bonds is 6. The molecule has 0 saturated carbocycles. The second kappa shape index (κ2) is 9.55. The summed E-state index contributed by atoms with van der Waals surface area (Å²) in [7, 11) is 0. The number of nitrogens with one attached hydrogen (secondary N) is 1. The molecule has 1 aliphatic heterocycles. The Hall–Kier alpha value is -3.51. The summed E-state index contributed by atoms with van der Waals surface area (Å²) in [5.74, 6) is 0.648. The minimum atomic E-state index is -0.0348. The van der Waals surface area contributed by atoms with Crippen LogP contribution in [0.1, 0.15) is 24.0 Å². The van der Waals surface area contributed by atoms with Crippen molar-refractivity contribution in [2.45, 2.75) is 38.8 Å². The van der Waals surface area contributed by atoms with Crippen LogP contribution in [0.15, 0.2) is 77.7 Å². The lowest BCUT2D eigenvalue weighted by Crippen LogP contribution is -2.41. The lowest BCUT2D eigenvalue weighted by atomic mass is 10.0. The van der Waals surface area contributed by atoms with Crippen LogP contribution in [0.5, 0.6) is 0 Å². The van der Waals surface area contributed by atoms with Gasteiger partial charge in [0.15, 0.2) is 0 Å². The van der Waals surface area contributed by atoms with Crippen molar-refractivity contribution < 1.29 is 0 Å². The number of hydrogen-bond donors (Lipinski definition) is 1. The topological polar surface area (TPSA) is 63.1 Å². The summed E-state index contributed by atoms with van der Waals surface area (Å²) in [6.07, 6.45) is 4.66. The highest BCUT2D eigenvalue weighted by molar-refractivity contribution is 5.76. The van der Waals surface area contributed by atoms with Crippen molar-refractivity contribution in [3.8, 4) is 0 Å². The van der Waals surface area contributed by atoms with Crippen LogP contribution in [0.3, 0.4) is 0 Å². The van der Waals surface area contributed by atoms with Gasteiger partial charge in [-0.2, -0.15) is 4.98 Å². The molecule has 4 aromatic rings. The molecule has 6 heteroatoms. The van der Waals surface area contributed by atoms with E-state index in [4.69, 9.17) is 9.97 Å². The first kappa shape index (κ1) is 21.3. The first-order valence-electron chi connectivity index (χ1n) is 11.7. The second-order valence-electron chi connectivity index (χ2n) is 8.69. The predicted molar refractivity (Wildman–Crippen MR) is 133 cm³/mol. The fraction of sp³-hybridized carbons (Fsp3) is 0.296. The summed E-state index contributed by atoms with van der Waals surface area (Å²) in [6.45, 7) is 4.61. The van der Waals surface area contributed by atoms with Crippen molar-refractivity contribution >= 4 is 22.7 Å². The highest BCUT2D eigenvalue weighted by atomic mass is 16.1. The van der Waals surface area contributed by atoms with Gasteiger partial charge in [0.2, 0.25) is 5.95 Å². The highest BCUT2D eigenvalue weighted by Gasteiger charge is 2.25. The molecule has 0 unspecified atom stereocenters. The van der Waals surface area contributed by atoms with E-state index in [0.29, 0.717) is 24.2 Å². The van der Waals surface area contributed by atoms with Crippen molar-refractivity contribution in [2.24, 2.45) is 0 Å². The van der Waals surface area contributed by atoms with E-state index in [9.17, 15) is 4.79 Å². The molecule has 0 spiro atoms. The van der Waals surface area contributed by atoms with Gasteiger partial charge >= 0.3 is 0 Å². The van der Waals surface area contributed by atoms with E-state index < -0.39 is 0 Å². The van der Waals surface area contributed by atoms with E-state index in [1.54, 1.807) is 10.6 Å². The van der Waals surface area contributed by atoms with E-state index in [1.807, 2.05) is 30.5 Å². The van der Waals surface area contributed by atoms with Crippen LogP contribution in [-0.2, 0) is 13.0 Å². The van der Waals surface area contributed by atoms with E-state index in [2.05, 4.69) is 53.5 Å². The Kier molecular flexibility index (Phi) is 6.17. The monoisotopic (exact) mass is 439 g/mol. The molecular formula is C27H29N5O. The summed E-state index contributed by atoms with van der Waals surface area (Å²) in [5.41, 5.74) is 4.17. The Bertz CT molecular complexity index is 1280. The molecule has 1 fully saturated rings. The van der Waals surface area contributed by atoms with Gasteiger partial charge in [-0.3, -0.25) is 9.36 Å². The summed E-state index contributed by atoms with van der Waals surface area (Å²) in [4.78, 5) is 24.8. The number of fused-ring (bicyclic) bond motifs is 1. The summed E-state index contributed by atoms with van der Waals surface area (Å²) in [5, 5.41) is 4.32. The number of pyridine rings is 1.